The Labute approximate surface area is 125 Å². The molecule has 2 heterocycles. The molecule has 0 saturated carbocycles. The Bertz CT molecular complexity index is 558. The summed E-state index contributed by atoms with van der Waals surface area (Å²) in [5, 5.41) is 2.80. The van der Waals surface area contributed by atoms with Gasteiger partial charge in [0.05, 0.1) is 6.54 Å². The van der Waals surface area contributed by atoms with Gasteiger partial charge in [-0.15, -0.1) is 0 Å². The molecule has 1 aromatic carbocycles. The fraction of sp³-hybridized carbons (Fsp3) is 0.429. The van der Waals surface area contributed by atoms with E-state index < -0.39 is 5.54 Å². The van der Waals surface area contributed by atoms with E-state index in [9.17, 15) is 14.0 Å². The number of halogens is 1. The largest absolute Gasteiger partial charge is 0.492 e. The van der Waals surface area contributed by atoms with Crippen molar-refractivity contribution < 1.29 is 18.7 Å². The second kappa shape index (κ2) is 5.55. The van der Waals surface area contributed by atoms with Crippen LogP contribution in [0.25, 0.3) is 0 Å². The van der Waals surface area contributed by atoms with Crippen LogP contribution in [-0.4, -0.2) is 47.0 Å². The van der Waals surface area contributed by atoms with Gasteiger partial charge in [0.15, 0.2) is 0 Å². The molecule has 21 heavy (non-hydrogen) atoms. The van der Waals surface area contributed by atoms with E-state index in [0.29, 0.717) is 17.9 Å². The lowest BCUT2D eigenvalue weighted by Gasteiger charge is -2.19. The fourth-order valence-electron chi connectivity index (χ4n) is 2.50. The normalized spacial score (nSPS) is 24.7. The fourth-order valence-corrected chi connectivity index (χ4v) is 3.82. The first-order valence-electron chi connectivity index (χ1n) is 6.71. The van der Waals surface area contributed by atoms with E-state index in [0.717, 1.165) is 5.75 Å². The molecular weight excluding hydrogens is 295 g/mol. The van der Waals surface area contributed by atoms with Gasteiger partial charge >= 0.3 is 6.03 Å². The zero-order valence-corrected chi connectivity index (χ0v) is 12.1. The molecule has 2 fully saturated rings. The molecule has 2 saturated heterocycles. The lowest BCUT2D eigenvalue weighted by Crippen LogP contribution is -2.47. The third kappa shape index (κ3) is 2.70. The third-order valence-electron chi connectivity index (χ3n) is 3.66. The molecule has 0 aliphatic carbocycles. The predicted octanol–water partition coefficient (Wildman–Crippen LogP) is 1.63. The zero-order chi connectivity index (χ0) is 14.9. The summed E-state index contributed by atoms with van der Waals surface area (Å²) in [6, 6.07) is 5.26. The maximum absolute atomic E-state index is 12.8. The van der Waals surface area contributed by atoms with Crippen molar-refractivity contribution in [3.05, 3.63) is 30.1 Å². The number of thioether (sulfide) groups is 1. The van der Waals surface area contributed by atoms with Crippen LogP contribution in [0.1, 0.15) is 6.42 Å². The van der Waals surface area contributed by atoms with E-state index >= 15 is 0 Å². The maximum Gasteiger partial charge on any atom is 0.325 e. The zero-order valence-electron chi connectivity index (χ0n) is 11.3. The molecule has 112 valence electrons. The van der Waals surface area contributed by atoms with Crippen molar-refractivity contribution in [2.75, 3.05) is 24.7 Å². The van der Waals surface area contributed by atoms with Gasteiger partial charge in [0, 0.05) is 5.75 Å². The van der Waals surface area contributed by atoms with Gasteiger partial charge in [0.2, 0.25) is 0 Å². The molecule has 0 radical (unpaired) electrons. The van der Waals surface area contributed by atoms with E-state index in [-0.39, 0.29) is 30.9 Å². The van der Waals surface area contributed by atoms with Crippen LogP contribution >= 0.6 is 11.8 Å². The number of hydrogen-bond acceptors (Lipinski definition) is 4. The minimum Gasteiger partial charge on any atom is -0.492 e. The van der Waals surface area contributed by atoms with E-state index in [1.54, 1.807) is 11.8 Å². The Morgan fingerprint density at radius 2 is 2.10 bits per heavy atom. The quantitative estimate of drug-likeness (QED) is 0.859. The second-order valence-corrected chi connectivity index (χ2v) is 6.18. The molecule has 3 rings (SSSR count). The van der Waals surface area contributed by atoms with Crippen molar-refractivity contribution in [1.29, 1.82) is 0 Å². The van der Waals surface area contributed by atoms with E-state index in [2.05, 4.69) is 5.32 Å². The number of ether oxygens (including phenoxy) is 1. The average molecular weight is 310 g/mol. The lowest BCUT2D eigenvalue weighted by atomic mass is 9.99. The summed E-state index contributed by atoms with van der Waals surface area (Å²) in [6.07, 6.45) is 0.678. The van der Waals surface area contributed by atoms with Crippen LogP contribution in [0.5, 0.6) is 5.75 Å². The summed E-state index contributed by atoms with van der Waals surface area (Å²) < 4.78 is 18.2. The Morgan fingerprint density at radius 1 is 1.33 bits per heavy atom. The van der Waals surface area contributed by atoms with Crippen LogP contribution in [0.4, 0.5) is 9.18 Å². The predicted molar refractivity (Wildman–Crippen MR) is 76.8 cm³/mol. The van der Waals surface area contributed by atoms with Gasteiger partial charge in [-0.1, -0.05) is 0 Å². The van der Waals surface area contributed by atoms with Crippen LogP contribution in [0, 0.1) is 5.82 Å². The number of amides is 3. The summed E-state index contributed by atoms with van der Waals surface area (Å²) in [5.41, 5.74) is -0.711. The highest BCUT2D eigenvalue weighted by atomic mass is 32.2. The number of nitrogens with one attached hydrogen (secondary N) is 1. The SMILES string of the molecule is O=C1N[C@@]2(CCSC2)C(=O)N1CCOc1ccc(F)cc1. The number of nitrogens with zero attached hydrogens (tertiary/aromatic N) is 1. The number of carbonyl (C=O) groups is 2. The number of rotatable bonds is 4. The Kier molecular flexibility index (Phi) is 3.75. The number of imide groups is 1. The van der Waals surface area contributed by atoms with Gasteiger partial charge in [-0.3, -0.25) is 9.69 Å². The van der Waals surface area contributed by atoms with Crippen molar-refractivity contribution in [1.82, 2.24) is 10.2 Å². The lowest BCUT2D eigenvalue weighted by molar-refractivity contribution is -0.130. The summed E-state index contributed by atoms with van der Waals surface area (Å²) in [5.74, 6) is 1.52. The van der Waals surface area contributed by atoms with Gasteiger partial charge in [-0.2, -0.15) is 11.8 Å². The van der Waals surface area contributed by atoms with Gasteiger partial charge in [-0.25, -0.2) is 9.18 Å². The van der Waals surface area contributed by atoms with Crippen LogP contribution in [0.2, 0.25) is 0 Å². The highest BCUT2D eigenvalue weighted by molar-refractivity contribution is 7.99. The smallest absolute Gasteiger partial charge is 0.325 e. The monoisotopic (exact) mass is 310 g/mol. The maximum atomic E-state index is 12.8. The van der Waals surface area contributed by atoms with Crippen molar-refractivity contribution in [3.8, 4) is 5.75 Å². The summed E-state index contributed by atoms with van der Waals surface area (Å²) in [7, 11) is 0. The number of urea groups is 1. The number of carbonyl (C=O) groups excluding carboxylic acids is 2. The van der Waals surface area contributed by atoms with Gasteiger partial charge in [0.25, 0.3) is 5.91 Å². The van der Waals surface area contributed by atoms with E-state index in [4.69, 9.17) is 4.74 Å². The van der Waals surface area contributed by atoms with Gasteiger partial charge in [0.1, 0.15) is 23.7 Å². The molecule has 1 N–H and O–H groups in total. The molecule has 1 spiro atoms. The average Bonchev–Trinajstić information content (AvgIpc) is 3.02. The number of hydrogen-bond donors (Lipinski definition) is 1. The molecule has 0 aromatic heterocycles. The summed E-state index contributed by atoms with van der Waals surface area (Å²) in [4.78, 5) is 25.5. The topological polar surface area (TPSA) is 58.6 Å². The first-order valence-corrected chi connectivity index (χ1v) is 7.86. The van der Waals surface area contributed by atoms with Crippen LogP contribution in [0.3, 0.4) is 0 Å². The first-order chi connectivity index (χ1) is 10.1. The van der Waals surface area contributed by atoms with Gasteiger partial charge < -0.3 is 10.1 Å². The molecule has 3 amide bonds. The molecule has 0 bridgehead atoms. The molecule has 5 nitrogen and oxygen atoms in total. The molecule has 0 unspecified atom stereocenters. The standard InChI is InChI=1S/C14H15FN2O3S/c15-10-1-3-11(4-2-10)20-7-6-17-12(18)14(16-13(17)19)5-8-21-9-14/h1-4H,5-9H2,(H,16,19)/t14-/m1/s1. The van der Waals surface area contributed by atoms with E-state index in [1.165, 1.54) is 29.2 Å². The number of benzene rings is 1. The van der Waals surface area contributed by atoms with Crippen molar-refractivity contribution in [3.63, 3.8) is 0 Å². The minimum atomic E-state index is -0.711. The molecule has 1 atom stereocenters. The Hall–Kier alpha value is -1.76. The first kappa shape index (κ1) is 14.2. The van der Waals surface area contributed by atoms with Crippen LogP contribution in [-0.2, 0) is 4.79 Å². The minimum absolute atomic E-state index is 0.166. The van der Waals surface area contributed by atoms with E-state index in [1.807, 2.05) is 0 Å². The highest BCUT2D eigenvalue weighted by Crippen LogP contribution is 2.33. The summed E-state index contributed by atoms with van der Waals surface area (Å²) >= 11 is 1.67. The Morgan fingerprint density at radius 3 is 2.76 bits per heavy atom. The molecular formula is C14H15FN2O3S. The molecule has 2 aliphatic heterocycles. The molecule has 1 aromatic rings. The third-order valence-corrected chi connectivity index (χ3v) is 4.85. The van der Waals surface area contributed by atoms with Crippen LogP contribution in [0.15, 0.2) is 24.3 Å². The molecule has 2 aliphatic rings. The second-order valence-electron chi connectivity index (χ2n) is 5.07. The van der Waals surface area contributed by atoms with Crippen molar-refractivity contribution >= 4 is 23.7 Å². The Balaban J connectivity index is 1.56. The summed E-state index contributed by atoms with van der Waals surface area (Å²) in [6.45, 7) is 0.377. The van der Waals surface area contributed by atoms with Crippen LogP contribution < -0.4 is 10.1 Å². The van der Waals surface area contributed by atoms with Crippen molar-refractivity contribution in [2.45, 2.75) is 12.0 Å². The van der Waals surface area contributed by atoms with Crippen molar-refractivity contribution in [2.24, 2.45) is 0 Å². The highest BCUT2D eigenvalue weighted by Gasteiger charge is 2.52. The van der Waals surface area contributed by atoms with Gasteiger partial charge in [-0.05, 0) is 36.4 Å². The molecule has 7 heteroatoms.